The van der Waals surface area contributed by atoms with Crippen molar-refractivity contribution in [2.75, 3.05) is 6.54 Å². The molecule has 5 heteroatoms. The van der Waals surface area contributed by atoms with Crippen LogP contribution < -0.4 is 5.32 Å². The quantitative estimate of drug-likeness (QED) is 0.872. The van der Waals surface area contributed by atoms with Crippen LogP contribution in [0.15, 0.2) is 18.2 Å². The van der Waals surface area contributed by atoms with E-state index in [1.165, 1.54) is 0 Å². The molecule has 1 unspecified atom stereocenters. The lowest BCUT2D eigenvalue weighted by molar-refractivity contribution is -0.144. The molecule has 0 aliphatic carbocycles. The fourth-order valence-electron chi connectivity index (χ4n) is 1.59. The van der Waals surface area contributed by atoms with Gasteiger partial charge in [0.05, 0.1) is 0 Å². The van der Waals surface area contributed by atoms with Gasteiger partial charge in [-0.1, -0.05) is 43.1 Å². The molecule has 2 N–H and O–H groups in total. The van der Waals surface area contributed by atoms with Crippen molar-refractivity contribution in [1.82, 2.24) is 5.32 Å². The van der Waals surface area contributed by atoms with E-state index in [0.29, 0.717) is 28.1 Å². The minimum absolute atomic E-state index is 0.342. The normalized spacial score (nSPS) is 14.6. The smallest absolute Gasteiger partial charge is 0.328 e. The molecule has 3 nitrogen and oxygen atoms in total. The van der Waals surface area contributed by atoms with E-state index in [1.54, 1.807) is 25.1 Å². The number of rotatable bonds is 5. The first kappa shape index (κ1) is 15.3. The van der Waals surface area contributed by atoms with E-state index in [1.807, 2.05) is 13.8 Å². The largest absolute Gasteiger partial charge is 0.480 e. The Morgan fingerprint density at radius 1 is 1.44 bits per heavy atom. The molecule has 1 rings (SSSR count). The molecule has 0 radical (unpaired) electrons. The van der Waals surface area contributed by atoms with Crippen molar-refractivity contribution < 1.29 is 9.90 Å². The van der Waals surface area contributed by atoms with Crippen LogP contribution in [-0.2, 0) is 10.3 Å². The summed E-state index contributed by atoms with van der Waals surface area (Å²) in [4.78, 5) is 11.5. The predicted octanol–water partition coefficient (Wildman–Crippen LogP) is 3.54. The van der Waals surface area contributed by atoms with Crippen molar-refractivity contribution >= 4 is 29.2 Å². The molecular formula is C13H17Cl2NO2. The first-order valence-electron chi connectivity index (χ1n) is 5.71. The second-order valence-electron chi connectivity index (χ2n) is 4.83. The Hall–Kier alpha value is -0.770. The highest BCUT2D eigenvalue weighted by Crippen LogP contribution is 2.30. The van der Waals surface area contributed by atoms with Crippen LogP contribution in [0.1, 0.15) is 26.3 Å². The maximum atomic E-state index is 11.5. The molecule has 0 aliphatic heterocycles. The average molecular weight is 290 g/mol. The molecule has 0 fully saturated rings. The van der Waals surface area contributed by atoms with Gasteiger partial charge < -0.3 is 5.11 Å². The second-order valence-corrected chi connectivity index (χ2v) is 5.67. The monoisotopic (exact) mass is 289 g/mol. The van der Waals surface area contributed by atoms with E-state index in [-0.39, 0.29) is 0 Å². The van der Waals surface area contributed by atoms with E-state index in [9.17, 15) is 9.90 Å². The Bertz CT molecular complexity index is 449. The number of hydrogen-bond donors (Lipinski definition) is 2. The van der Waals surface area contributed by atoms with Crippen LogP contribution in [-0.4, -0.2) is 17.6 Å². The minimum Gasteiger partial charge on any atom is -0.480 e. The maximum absolute atomic E-state index is 11.5. The van der Waals surface area contributed by atoms with Crippen LogP contribution in [0.3, 0.4) is 0 Å². The molecule has 1 aromatic rings. The van der Waals surface area contributed by atoms with Crippen molar-refractivity contribution in [3.63, 3.8) is 0 Å². The van der Waals surface area contributed by atoms with Crippen LogP contribution in [0.4, 0.5) is 0 Å². The second kappa shape index (κ2) is 5.91. The highest BCUT2D eigenvalue weighted by atomic mass is 35.5. The molecular weight excluding hydrogens is 273 g/mol. The zero-order chi connectivity index (χ0) is 13.9. The highest BCUT2D eigenvalue weighted by Gasteiger charge is 2.36. The van der Waals surface area contributed by atoms with Gasteiger partial charge in [-0.05, 0) is 31.5 Å². The number of aliphatic carboxylic acids is 1. The molecule has 0 heterocycles. The topological polar surface area (TPSA) is 49.3 Å². The Labute approximate surface area is 117 Å². The van der Waals surface area contributed by atoms with Crippen LogP contribution in [0.2, 0.25) is 10.0 Å². The number of hydrogen-bond acceptors (Lipinski definition) is 2. The molecule has 0 saturated heterocycles. The fourth-order valence-corrected chi connectivity index (χ4v) is 2.19. The predicted molar refractivity (Wildman–Crippen MR) is 74.3 cm³/mol. The Morgan fingerprint density at radius 2 is 2.06 bits per heavy atom. The van der Waals surface area contributed by atoms with Gasteiger partial charge >= 0.3 is 5.97 Å². The van der Waals surface area contributed by atoms with Gasteiger partial charge in [0.1, 0.15) is 5.54 Å². The number of carboxylic acid groups (broad SMARTS) is 1. The van der Waals surface area contributed by atoms with Gasteiger partial charge in [-0.2, -0.15) is 0 Å². The van der Waals surface area contributed by atoms with Crippen molar-refractivity contribution in [2.45, 2.75) is 26.3 Å². The van der Waals surface area contributed by atoms with Gasteiger partial charge in [0.2, 0.25) is 0 Å². The summed E-state index contributed by atoms with van der Waals surface area (Å²) in [6, 6.07) is 4.84. The first-order chi connectivity index (χ1) is 8.27. The van der Waals surface area contributed by atoms with E-state index >= 15 is 0 Å². The summed E-state index contributed by atoms with van der Waals surface area (Å²) in [5.74, 6) is -0.623. The summed E-state index contributed by atoms with van der Waals surface area (Å²) in [6.07, 6.45) is 0. The molecule has 18 heavy (non-hydrogen) atoms. The molecule has 1 atom stereocenters. The fraction of sp³-hybridized carbons (Fsp3) is 0.462. The molecule has 0 saturated carbocycles. The average Bonchev–Trinajstić information content (AvgIpc) is 2.25. The van der Waals surface area contributed by atoms with Crippen molar-refractivity contribution in [3.8, 4) is 0 Å². The van der Waals surface area contributed by atoms with E-state index in [0.717, 1.165) is 0 Å². The third-order valence-corrected chi connectivity index (χ3v) is 3.31. The first-order valence-corrected chi connectivity index (χ1v) is 6.47. The van der Waals surface area contributed by atoms with Crippen molar-refractivity contribution in [3.05, 3.63) is 33.8 Å². The van der Waals surface area contributed by atoms with Crippen LogP contribution in [0.5, 0.6) is 0 Å². The summed E-state index contributed by atoms with van der Waals surface area (Å²) in [6.45, 7) is 6.21. The molecule has 0 aliphatic rings. The Morgan fingerprint density at radius 3 is 2.50 bits per heavy atom. The van der Waals surface area contributed by atoms with Gasteiger partial charge in [0, 0.05) is 15.6 Å². The number of carbonyl (C=O) groups is 1. The number of nitrogens with one attached hydrogen (secondary N) is 1. The number of benzene rings is 1. The third-order valence-electron chi connectivity index (χ3n) is 2.76. The molecule has 1 aromatic carbocycles. The minimum atomic E-state index is -1.22. The van der Waals surface area contributed by atoms with Crippen LogP contribution in [0, 0.1) is 5.92 Å². The highest BCUT2D eigenvalue weighted by molar-refractivity contribution is 6.35. The summed E-state index contributed by atoms with van der Waals surface area (Å²) >= 11 is 11.9. The summed E-state index contributed by atoms with van der Waals surface area (Å²) in [5.41, 5.74) is -0.701. The molecule has 0 spiro atoms. The lowest BCUT2D eigenvalue weighted by Gasteiger charge is -2.28. The zero-order valence-corrected chi connectivity index (χ0v) is 12.1. The Balaban J connectivity index is 3.14. The maximum Gasteiger partial charge on any atom is 0.328 e. The SMILES string of the molecule is CC(C)CNC(C)(C(=O)O)c1ccc(Cl)cc1Cl. The zero-order valence-electron chi connectivity index (χ0n) is 10.6. The third kappa shape index (κ3) is 3.37. The van der Waals surface area contributed by atoms with E-state index in [4.69, 9.17) is 23.2 Å². The summed E-state index contributed by atoms with van der Waals surface area (Å²) < 4.78 is 0. The molecule has 0 bridgehead atoms. The molecule has 0 amide bonds. The number of halogens is 2. The lowest BCUT2D eigenvalue weighted by Crippen LogP contribution is -2.48. The van der Waals surface area contributed by atoms with Gasteiger partial charge in [0.25, 0.3) is 0 Å². The van der Waals surface area contributed by atoms with Crippen LogP contribution >= 0.6 is 23.2 Å². The van der Waals surface area contributed by atoms with Crippen LogP contribution in [0.25, 0.3) is 0 Å². The molecule has 100 valence electrons. The lowest BCUT2D eigenvalue weighted by atomic mass is 9.91. The number of carboxylic acids is 1. The van der Waals surface area contributed by atoms with Crippen molar-refractivity contribution in [1.29, 1.82) is 0 Å². The summed E-state index contributed by atoms with van der Waals surface area (Å²) in [5, 5.41) is 13.3. The van der Waals surface area contributed by atoms with Gasteiger partial charge in [-0.25, -0.2) is 4.79 Å². The van der Waals surface area contributed by atoms with Gasteiger partial charge in [-0.3, -0.25) is 5.32 Å². The van der Waals surface area contributed by atoms with E-state index in [2.05, 4.69) is 5.32 Å². The summed E-state index contributed by atoms with van der Waals surface area (Å²) in [7, 11) is 0. The van der Waals surface area contributed by atoms with Gasteiger partial charge in [-0.15, -0.1) is 0 Å². The standard InChI is InChI=1S/C13H17Cl2NO2/c1-8(2)7-16-13(3,12(17)18)10-5-4-9(14)6-11(10)15/h4-6,8,16H,7H2,1-3H3,(H,17,18). The van der Waals surface area contributed by atoms with E-state index < -0.39 is 11.5 Å². The van der Waals surface area contributed by atoms with Gasteiger partial charge in [0.15, 0.2) is 0 Å². The Kier molecular flexibility index (Phi) is 5.02. The van der Waals surface area contributed by atoms with Crippen molar-refractivity contribution in [2.24, 2.45) is 5.92 Å². The molecule has 0 aromatic heterocycles.